The smallest absolute Gasteiger partial charge is 0.0854 e. The highest BCUT2D eigenvalue weighted by Gasteiger charge is 1.93. The zero-order valence-electron chi connectivity index (χ0n) is 6.26. The lowest BCUT2D eigenvalue weighted by atomic mass is 10.2. The minimum atomic E-state index is 0.836. The predicted octanol–water partition coefficient (Wildman–Crippen LogP) is 1.74. The van der Waals surface area contributed by atoms with Crippen LogP contribution in [0, 0.1) is 13.8 Å². The Morgan fingerprint density at radius 2 is 2.10 bits per heavy atom. The first-order valence-corrected chi connectivity index (χ1v) is 3.17. The van der Waals surface area contributed by atoms with E-state index in [1.807, 2.05) is 19.9 Å². The van der Waals surface area contributed by atoms with Gasteiger partial charge in [0.2, 0.25) is 0 Å². The number of nitrogens with zero attached hydrogens (tertiary/aromatic N) is 2. The van der Waals surface area contributed by atoms with Crippen LogP contribution in [0.3, 0.4) is 0 Å². The molecule has 0 aromatic carbocycles. The van der Waals surface area contributed by atoms with Gasteiger partial charge in [0.05, 0.1) is 11.4 Å². The highest BCUT2D eigenvalue weighted by Crippen LogP contribution is 2.03. The zero-order valence-corrected chi connectivity index (χ0v) is 6.26. The molecule has 0 aliphatic carbocycles. The summed E-state index contributed by atoms with van der Waals surface area (Å²) in [6.45, 7) is 7.55. The van der Waals surface area contributed by atoms with Crippen LogP contribution in [0.25, 0.3) is 6.08 Å². The van der Waals surface area contributed by atoms with Gasteiger partial charge in [0.25, 0.3) is 0 Å². The molecular weight excluding hydrogens is 124 g/mol. The Hall–Kier alpha value is -1.18. The van der Waals surface area contributed by atoms with Gasteiger partial charge in [-0.05, 0) is 31.6 Å². The van der Waals surface area contributed by atoms with Crippen LogP contribution in [0.15, 0.2) is 12.6 Å². The van der Waals surface area contributed by atoms with Gasteiger partial charge >= 0.3 is 0 Å². The fourth-order valence-corrected chi connectivity index (χ4v) is 0.666. The van der Waals surface area contributed by atoms with Crippen molar-refractivity contribution in [2.75, 3.05) is 0 Å². The quantitative estimate of drug-likeness (QED) is 0.584. The van der Waals surface area contributed by atoms with E-state index < -0.39 is 0 Å². The standard InChI is InChI=1S/C8H10N2/c1-4-8-5-6(2)7(3)9-10-8/h4-5H,1H2,2-3H3. The number of aromatic nitrogens is 2. The Kier molecular flexibility index (Phi) is 1.81. The van der Waals surface area contributed by atoms with E-state index in [-0.39, 0.29) is 0 Å². The van der Waals surface area contributed by atoms with Gasteiger partial charge < -0.3 is 0 Å². The molecule has 1 aromatic rings. The molecule has 0 fully saturated rings. The Balaban J connectivity index is 3.16. The van der Waals surface area contributed by atoms with Gasteiger partial charge in [-0.25, -0.2) is 0 Å². The van der Waals surface area contributed by atoms with Crippen molar-refractivity contribution in [3.63, 3.8) is 0 Å². The van der Waals surface area contributed by atoms with Crippen molar-refractivity contribution >= 4 is 6.08 Å². The van der Waals surface area contributed by atoms with Crippen molar-refractivity contribution < 1.29 is 0 Å². The van der Waals surface area contributed by atoms with Crippen molar-refractivity contribution in [2.45, 2.75) is 13.8 Å². The predicted molar refractivity (Wildman–Crippen MR) is 41.6 cm³/mol. The summed E-state index contributed by atoms with van der Waals surface area (Å²) in [5.41, 5.74) is 2.97. The van der Waals surface area contributed by atoms with Gasteiger partial charge in [0.1, 0.15) is 0 Å². The van der Waals surface area contributed by atoms with Crippen molar-refractivity contribution in [1.29, 1.82) is 0 Å². The second kappa shape index (κ2) is 2.60. The molecule has 52 valence electrons. The van der Waals surface area contributed by atoms with E-state index in [1.54, 1.807) is 6.08 Å². The number of aryl methyl sites for hydroxylation is 2. The lowest BCUT2D eigenvalue weighted by Gasteiger charge is -1.96. The molecule has 2 heteroatoms. The molecule has 1 rings (SSSR count). The molecule has 0 saturated heterocycles. The summed E-state index contributed by atoms with van der Waals surface area (Å²) in [5.74, 6) is 0. The van der Waals surface area contributed by atoms with Crippen molar-refractivity contribution in [3.05, 3.63) is 29.6 Å². The number of rotatable bonds is 1. The van der Waals surface area contributed by atoms with Crippen LogP contribution in [0.4, 0.5) is 0 Å². The third-order valence-corrected chi connectivity index (χ3v) is 1.46. The molecule has 1 heterocycles. The Bertz CT molecular complexity index is 253. The average Bonchev–Trinajstić information content (AvgIpc) is 1.95. The van der Waals surface area contributed by atoms with Crippen LogP contribution in [0.5, 0.6) is 0 Å². The molecule has 0 saturated carbocycles. The molecule has 0 atom stereocenters. The second-order valence-corrected chi connectivity index (χ2v) is 2.24. The molecule has 0 unspecified atom stereocenters. The van der Waals surface area contributed by atoms with E-state index in [1.165, 1.54) is 0 Å². The lowest BCUT2D eigenvalue weighted by molar-refractivity contribution is 0.951. The molecule has 2 nitrogen and oxygen atoms in total. The van der Waals surface area contributed by atoms with Crippen LogP contribution in [-0.2, 0) is 0 Å². The fourth-order valence-electron chi connectivity index (χ4n) is 0.666. The van der Waals surface area contributed by atoms with Gasteiger partial charge in [0, 0.05) is 0 Å². The van der Waals surface area contributed by atoms with E-state index in [4.69, 9.17) is 0 Å². The largest absolute Gasteiger partial charge is 0.155 e. The van der Waals surface area contributed by atoms with E-state index in [2.05, 4.69) is 16.8 Å². The van der Waals surface area contributed by atoms with Gasteiger partial charge in [-0.2, -0.15) is 10.2 Å². The molecule has 0 spiro atoms. The highest BCUT2D eigenvalue weighted by atomic mass is 15.1. The fraction of sp³-hybridized carbons (Fsp3) is 0.250. The first-order valence-electron chi connectivity index (χ1n) is 3.17. The highest BCUT2D eigenvalue weighted by molar-refractivity contribution is 5.42. The maximum absolute atomic E-state index is 3.93. The molecule has 0 bridgehead atoms. The summed E-state index contributed by atoms with van der Waals surface area (Å²) < 4.78 is 0. The van der Waals surface area contributed by atoms with Crippen LogP contribution in [-0.4, -0.2) is 10.2 Å². The van der Waals surface area contributed by atoms with E-state index in [9.17, 15) is 0 Å². The maximum Gasteiger partial charge on any atom is 0.0854 e. The molecule has 0 N–H and O–H groups in total. The van der Waals surface area contributed by atoms with Crippen molar-refractivity contribution in [3.8, 4) is 0 Å². The monoisotopic (exact) mass is 134 g/mol. The topological polar surface area (TPSA) is 25.8 Å². The summed E-state index contributed by atoms with van der Waals surface area (Å²) in [5, 5.41) is 7.82. The summed E-state index contributed by atoms with van der Waals surface area (Å²) >= 11 is 0. The second-order valence-electron chi connectivity index (χ2n) is 2.24. The van der Waals surface area contributed by atoms with E-state index in [0.717, 1.165) is 17.0 Å². The van der Waals surface area contributed by atoms with Crippen LogP contribution >= 0.6 is 0 Å². The van der Waals surface area contributed by atoms with E-state index >= 15 is 0 Å². The zero-order chi connectivity index (χ0) is 7.56. The normalized spacial score (nSPS) is 9.40. The minimum Gasteiger partial charge on any atom is -0.155 e. The lowest BCUT2D eigenvalue weighted by Crippen LogP contribution is -1.92. The summed E-state index contributed by atoms with van der Waals surface area (Å²) in [7, 11) is 0. The molecule has 0 radical (unpaired) electrons. The molecule has 1 aromatic heterocycles. The first-order chi connectivity index (χ1) is 4.74. The van der Waals surface area contributed by atoms with Crippen molar-refractivity contribution in [1.82, 2.24) is 10.2 Å². The van der Waals surface area contributed by atoms with Crippen LogP contribution < -0.4 is 0 Å². The number of hydrogen-bond donors (Lipinski definition) is 0. The average molecular weight is 134 g/mol. The Labute approximate surface area is 60.6 Å². The third kappa shape index (κ3) is 1.21. The van der Waals surface area contributed by atoms with Gasteiger partial charge in [-0.3, -0.25) is 0 Å². The van der Waals surface area contributed by atoms with Gasteiger partial charge in [-0.1, -0.05) is 6.58 Å². The van der Waals surface area contributed by atoms with Crippen LogP contribution in [0.2, 0.25) is 0 Å². The van der Waals surface area contributed by atoms with E-state index in [0.29, 0.717) is 0 Å². The van der Waals surface area contributed by atoms with Gasteiger partial charge in [0.15, 0.2) is 0 Å². The SMILES string of the molecule is C=Cc1cc(C)c(C)nn1. The van der Waals surface area contributed by atoms with Crippen LogP contribution in [0.1, 0.15) is 17.0 Å². The van der Waals surface area contributed by atoms with Crippen molar-refractivity contribution in [2.24, 2.45) is 0 Å². The molecule has 10 heavy (non-hydrogen) atoms. The molecule has 0 amide bonds. The molecular formula is C8H10N2. The molecule has 0 aliphatic rings. The first kappa shape index (κ1) is 6.93. The minimum absolute atomic E-state index is 0.836. The Morgan fingerprint density at radius 3 is 2.60 bits per heavy atom. The molecule has 0 aliphatic heterocycles. The Morgan fingerprint density at radius 1 is 1.40 bits per heavy atom. The summed E-state index contributed by atoms with van der Waals surface area (Å²) in [6.07, 6.45) is 1.69. The third-order valence-electron chi connectivity index (χ3n) is 1.46. The summed E-state index contributed by atoms with van der Waals surface area (Å²) in [6, 6.07) is 1.97. The summed E-state index contributed by atoms with van der Waals surface area (Å²) in [4.78, 5) is 0. The number of hydrogen-bond acceptors (Lipinski definition) is 2. The maximum atomic E-state index is 3.93. The van der Waals surface area contributed by atoms with Gasteiger partial charge in [-0.15, -0.1) is 0 Å².